The number of rotatable bonds is 18. The number of carbonyl (C=O) groups excluding carboxylic acids is 4. The summed E-state index contributed by atoms with van der Waals surface area (Å²) in [6.07, 6.45) is 2.45. The molecule has 4 amide bonds. The highest BCUT2D eigenvalue weighted by Gasteiger charge is 2.32. The van der Waals surface area contributed by atoms with E-state index in [1.165, 1.54) is 0 Å². The molecule has 236 valence electrons. The normalized spacial score (nSPS) is 14.5. The first kappa shape index (κ1) is 34.5. The van der Waals surface area contributed by atoms with Crippen LogP contribution >= 0.6 is 0 Å². The summed E-state index contributed by atoms with van der Waals surface area (Å²) in [5.74, 6) is -4.39. The van der Waals surface area contributed by atoms with Crippen LogP contribution in [0.2, 0.25) is 0 Å². The molecule has 0 saturated carbocycles. The predicted molar refractivity (Wildman–Crippen MR) is 161 cm³/mol. The van der Waals surface area contributed by atoms with Crippen molar-refractivity contribution in [2.75, 3.05) is 6.54 Å². The zero-order valence-corrected chi connectivity index (χ0v) is 24.5. The van der Waals surface area contributed by atoms with Crippen LogP contribution in [0.15, 0.2) is 35.5 Å². The number of H-pyrrole nitrogens is 1. The summed E-state index contributed by atoms with van der Waals surface area (Å²) in [5, 5.41) is 18.5. The third-order valence-electron chi connectivity index (χ3n) is 7.12. The number of guanidine groups is 1. The van der Waals surface area contributed by atoms with Crippen molar-refractivity contribution >= 4 is 46.5 Å². The average molecular weight is 602 g/mol. The number of nitrogens with two attached hydrogens (primary N) is 4. The number of carbonyl (C=O) groups is 5. The Morgan fingerprint density at radius 3 is 2.26 bits per heavy atom. The van der Waals surface area contributed by atoms with Crippen LogP contribution in [0.5, 0.6) is 0 Å². The van der Waals surface area contributed by atoms with Gasteiger partial charge in [-0.3, -0.25) is 24.2 Å². The van der Waals surface area contributed by atoms with E-state index in [1.54, 1.807) is 13.1 Å². The van der Waals surface area contributed by atoms with Crippen LogP contribution in [0, 0.1) is 5.92 Å². The summed E-state index contributed by atoms with van der Waals surface area (Å²) in [7, 11) is 0. The largest absolute Gasteiger partial charge is 0.480 e. The highest BCUT2D eigenvalue weighted by molar-refractivity contribution is 5.94. The fraction of sp³-hybridized carbons (Fsp3) is 0.500. The number of carboxylic acid groups (broad SMARTS) is 1. The maximum absolute atomic E-state index is 13.4. The van der Waals surface area contributed by atoms with Gasteiger partial charge in [0, 0.05) is 36.5 Å². The third kappa shape index (κ3) is 10.9. The minimum Gasteiger partial charge on any atom is -0.480 e. The van der Waals surface area contributed by atoms with Crippen molar-refractivity contribution in [3.8, 4) is 0 Å². The Labute approximate surface area is 249 Å². The van der Waals surface area contributed by atoms with Crippen molar-refractivity contribution in [3.05, 3.63) is 36.0 Å². The van der Waals surface area contributed by atoms with Crippen molar-refractivity contribution in [1.82, 2.24) is 20.9 Å². The number of aliphatic carboxylic acids is 1. The summed E-state index contributed by atoms with van der Waals surface area (Å²) in [4.78, 5) is 69.8. The van der Waals surface area contributed by atoms with E-state index in [9.17, 15) is 29.1 Å². The van der Waals surface area contributed by atoms with Crippen LogP contribution in [0.3, 0.4) is 0 Å². The second-order valence-corrected chi connectivity index (χ2v) is 10.5. The fourth-order valence-corrected chi connectivity index (χ4v) is 4.42. The first-order valence-electron chi connectivity index (χ1n) is 14.1. The SMILES string of the molecule is CCC(C)C(NC(=O)C(N)CCC(N)=O)C(=O)NC(CCCN=C(N)N)C(=O)NC(Cc1c[nH]c2ccccc12)C(=O)O. The van der Waals surface area contributed by atoms with Crippen molar-refractivity contribution in [2.24, 2.45) is 33.8 Å². The lowest BCUT2D eigenvalue weighted by Crippen LogP contribution is -2.58. The Kier molecular flexibility index (Phi) is 13.4. The van der Waals surface area contributed by atoms with Gasteiger partial charge in [0.1, 0.15) is 18.1 Å². The molecule has 1 aromatic carbocycles. The minimum atomic E-state index is -1.29. The molecule has 0 fully saturated rings. The number of aliphatic imine (C=N–C) groups is 1. The Bertz CT molecular complexity index is 1310. The van der Waals surface area contributed by atoms with Gasteiger partial charge in [-0.15, -0.1) is 0 Å². The molecular formula is C28H43N9O6. The molecule has 15 heteroatoms. The number of aromatic nitrogens is 1. The average Bonchev–Trinajstić information content (AvgIpc) is 3.37. The standard InChI is InChI=1S/C28H43N9O6/c1-3-15(2)23(37-24(39)18(29)10-11-22(30)38)26(41)35-20(9-6-12-33-28(31)32)25(40)36-21(27(42)43)13-16-14-34-19-8-5-4-7-17(16)19/h4-5,7-8,14-15,18,20-21,23,34H,3,6,9-13,29H2,1-2H3,(H2,30,38)(H,35,41)(H,36,40)(H,37,39)(H,42,43)(H4,31,32,33). The predicted octanol–water partition coefficient (Wildman–Crippen LogP) is -1.06. The maximum atomic E-state index is 13.4. The Hall–Kier alpha value is -4.66. The molecule has 13 N–H and O–H groups in total. The van der Waals surface area contributed by atoms with Gasteiger partial charge in [-0.25, -0.2) is 4.79 Å². The molecule has 1 aromatic heterocycles. The van der Waals surface area contributed by atoms with Gasteiger partial charge >= 0.3 is 5.97 Å². The lowest BCUT2D eigenvalue weighted by atomic mass is 9.96. The summed E-state index contributed by atoms with van der Waals surface area (Å²) in [6, 6.07) is 2.77. The first-order valence-corrected chi connectivity index (χ1v) is 14.1. The number of primary amides is 1. The quantitative estimate of drug-likeness (QED) is 0.0571. The Morgan fingerprint density at radius 1 is 0.953 bits per heavy atom. The van der Waals surface area contributed by atoms with E-state index in [-0.39, 0.29) is 50.5 Å². The third-order valence-corrected chi connectivity index (χ3v) is 7.12. The fourth-order valence-electron chi connectivity index (χ4n) is 4.42. The minimum absolute atomic E-state index is 0.00115. The molecule has 0 aliphatic carbocycles. The summed E-state index contributed by atoms with van der Waals surface area (Å²) < 4.78 is 0. The number of hydrogen-bond acceptors (Lipinski definition) is 7. The van der Waals surface area contributed by atoms with Gasteiger partial charge in [0.25, 0.3) is 0 Å². The van der Waals surface area contributed by atoms with E-state index in [0.29, 0.717) is 12.0 Å². The van der Waals surface area contributed by atoms with E-state index in [4.69, 9.17) is 22.9 Å². The zero-order valence-electron chi connectivity index (χ0n) is 24.5. The second-order valence-electron chi connectivity index (χ2n) is 10.5. The van der Waals surface area contributed by atoms with Crippen molar-refractivity contribution < 1.29 is 29.1 Å². The first-order chi connectivity index (χ1) is 20.3. The van der Waals surface area contributed by atoms with E-state index in [1.807, 2.05) is 31.2 Å². The molecule has 0 bridgehead atoms. The van der Waals surface area contributed by atoms with Crippen LogP contribution in [-0.4, -0.2) is 76.4 Å². The van der Waals surface area contributed by atoms with Crippen LogP contribution in [0.25, 0.3) is 10.9 Å². The Morgan fingerprint density at radius 2 is 1.63 bits per heavy atom. The van der Waals surface area contributed by atoms with Crippen LogP contribution in [0.1, 0.15) is 51.5 Å². The van der Waals surface area contributed by atoms with Crippen molar-refractivity contribution in [1.29, 1.82) is 0 Å². The molecule has 5 unspecified atom stereocenters. The monoisotopic (exact) mass is 601 g/mol. The molecule has 0 radical (unpaired) electrons. The molecular weight excluding hydrogens is 558 g/mol. The Balaban J connectivity index is 2.22. The number of amides is 4. The molecule has 2 aromatic rings. The van der Waals surface area contributed by atoms with E-state index < -0.39 is 53.8 Å². The van der Waals surface area contributed by atoms with Crippen molar-refractivity contribution in [3.63, 3.8) is 0 Å². The number of aromatic amines is 1. The number of hydrogen-bond donors (Lipinski definition) is 9. The molecule has 0 aliphatic rings. The highest BCUT2D eigenvalue weighted by atomic mass is 16.4. The lowest BCUT2D eigenvalue weighted by Gasteiger charge is -2.28. The van der Waals surface area contributed by atoms with Gasteiger partial charge in [0.05, 0.1) is 6.04 Å². The number of nitrogens with zero attached hydrogens (tertiary/aromatic N) is 1. The van der Waals surface area contributed by atoms with Crippen LogP contribution in [-0.2, 0) is 30.4 Å². The van der Waals surface area contributed by atoms with E-state index in [0.717, 1.165) is 10.9 Å². The van der Waals surface area contributed by atoms with Gasteiger partial charge < -0.3 is 49.0 Å². The number of para-hydroxylation sites is 1. The molecule has 5 atom stereocenters. The molecule has 2 rings (SSSR count). The van der Waals surface area contributed by atoms with E-state index in [2.05, 4.69) is 25.9 Å². The maximum Gasteiger partial charge on any atom is 0.326 e. The highest BCUT2D eigenvalue weighted by Crippen LogP contribution is 2.19. The van der Waals surface area contributed by atoms with Crippen molar-refractivity contribution in [2.45, 2.75) is 76.5 Å². The van der Waals surface area contributed by atoms with Gasteiger partial charge in [0.2, 0.25) is 23.6 Å². The van der Waals surface area contributed by atoms with Crippen LogP contribution in [0.4, 0.5) is 0 Å². The molecule has 0 aliphatic heterocycles. The number of benzene rings is 1. The second kappa shape index (κ2) is 16.7. The smallest absolute Gasteiger partial charge is 0.326 e. The molecule has 15 nitrogen and oxygen atoms in total. The van der Waals surface area contributed by atoms with Crippen LogP contribution < -0.4 is 38.9 Å². The van der Waals surface area contributed by atoms with Gasteiger partial charge in [-0.1, -0.05) is 38.5 Å². The van der Waals surface area contributed by atoms with Gasteiger partial charge in [-0.05, 0) is 36.8 Å². The molecule has 0 spiro atoms. The van der Waals surface area contributed by atoms with E-state index >= 15 is 0 Å². The topological polar surface area (TPSA) is 274 Å². The van der Waals surface area contributed by atoms with Gasteiger partial charge in [-0.2, -0.15) is 0 Å². The number of fused-ring (bicyclic) bond motifs is 1. The summed E-state index contributed by atoms with van der Waals surface area (Å²) in [5.41, 5.74) is 23.3. The molecule has 1 heterocycles. The van der Waals surface area contributed by atoms with Gasteiger partial charge in [0.15, 0.2) is 5.96 Å². The lowest BCUT2D eigenvalue weighted by molar-refractivity contribution is -0.142. The number of nitrogens with one attached hydrogen (secondary N) is 4. The summed E-state index contributed by atoms with van der Waals surface area (Å²) >= 11 is 0. The zero-order chi connectivity index (χ0) is 32.1. The summed E-state index contributed by atoms with van der Waals surface area (Å²) in [6.45, 7) is 3.74. The molecule has 43 heavy (non-hydrogen) atoms. The number of carboxylic acids is 1. The molecule has 0 saturated heterocycles.